The zero-order chi connectivity index (χ0) is 9.68. The number of ether oxygens (including phenoxy) is 1. The quantitative estimate of drug-likeness (QED) is 0.564. The molecule has 0 atom stereocenters. The van der Waals surface area contributed by atoms with Crippen LogP contribution in [0, 0.1) is 0 Å². The first kappa shape index (κ1) is 9.39. The van der Waals surface area contributed by atoms with Crippen molar-refractivity contribution in [2.75, 3.05) is 6.61 Å². The molecule has 0 amide bonds. The number of rotatable bonds is 4. The first-order valence-electron chi connectivity index (χ1n) is 3.94. The summed E-state index contributed by atoms with van der Waals surface area (Å²) in [7, 11) is 0. The molecular weight excluding hydrogens is 164 g/mol. The summed E-state index contributed by atoms with van der Waals surface area (Å²) >= 11 is 0. The molecule has 2 heteroatoms. The van der Waals surface area contributed by atoms with Gasteiger partial charge in [0, 0.05) is 5.57 Å². The van der Waals surface area contributed by atoms with Crippen LogP contribution < -0.4 is 4.74 Å². The Labute approximate surface area is 77.8 Å². The van der Waals surface area contributed by atoms with Crippen molar-refractivity contribution in [2.45, 2.75) is 0 Å². The van der Waals surface area contributed by atoms with Gasteiger partial charge in [0.05, 0.1) is 0 Å². The van der Waals surface area contributed by atoms with Crippen molar-refractivity contribution in [3.8, 4) is 5.75 Å². The third-order valence-electron chi connectivity index (χ3n) is 1.56. The first-order valence-corrected chi connectivity index (χ1v) is 3.94. The molecule has 0 spiro atoms. The van der Waals surface area contributed by atoms with Gasteiger partial charge < -0.3 is 9.84 Å². The topological polar surface area (TPSA) is 29.5 Å². The molecule has 2 nitrogen and oxygen atoms in total. The molecule has 13 heavy (non-hydrogen) atoms. The fourth-order valence-corrected chi connectivity index (χ4v) is 0.770. The zero-order valence-electron chi connectivity index (χ0n) is 7.36. The number of hydrogen-bond donors (Lipinski definition) is 1. The largest absolute Gasteiger partial charge is 0.508 e. The van der Waals surface area contributed by atoms with Gasteiger partial charge in [0.15, 0.2) is 0 Å². The Kier molecular flexibility index (Phi) is 3.15. The lowest BCUT2D eigenvalue weighted by Gasteiger charge is -2.06. The second-order valence-electron chi connectivity index (χ2n) is 2.65. The molecule has 0 saturated carbocycles. The van der Waals surface area contributed by atoms with Crippen LogP contribution in [0.5, 0.6) is 5.75 Å². The molecule has 0 fully saturated rings. The Morgan fingerprint density at radius 3 is 2.38 bits per heavy atom. The van der Waals surface area contributed by atoms with Crippen molar-refractivity contribution >= 4 is 0 Å². The summed E-state index contributed by atoms with van der Waals surface area (Å²) in [5.74, 6) is 0.723. The second-order valence-corrected chi connectivity index (χ2v) is 2.65. The maximum absolute atomic E-state index is 8.92. The monoisotopic (exact) mass is 176 g/mol. The zero-order valence-corrected chi connectivity index (χ0v) is 7.36. The van der Waals surface area contributed by atoms with E-state index in [1.54, 1.807) is 0 Å². The molecule has 1 aromatic rings. The van der Waals surface area contributed by atoms with Crippen LogP contribution in [0.15, 0.2) is 54.8 Å². The van der Waals surface area contributed by atoms with E-state index in [9.17, 15) is 0 Å². The minimum atomic E-state index is -0.0315. The molecule has 1 aromatic carbocycles. The Morgan fingerprint density at radius 1 is 1.23 bits per heavy atom. The molecule has 0 heterocycles. The van der Waals surface area contributed by atoms with E-state index >= 15 is 0 Å². The smallest absolute Gasteiger partial charge is 0.119 e. The van der Waals surface area contributed by atoms with Crippen LogP contribution in [-0.4, -0.2) is 11.7 Å². The van der Waals surface area contributed by atoms with Crippen molar-refractivity contribution in [3.63, 3.8) is 0 Å². The molecule has 1 N–H and O–H groups in total. The summed E-state index contributed by atoms with van der Waals surface area (Å²) in [6, 6.07) is 9.35. The van der Waals surface area contributed by atoms with Crippen LogP contribution in [0.25, 0.3) is 0 Å². The lowest BCUT2D eigenvalue weighted by atomic mass is 10.3. The van der Waals surface area contributed by atoms with Crippen LogP contribution in [0.2, 0.25) is 0 Å². The third-order valence-corrected chi connectivity index (χ3v) is 1.56. The number of para-hydroxylation sites is 1. The summed E-state index contributed by atoms with van der Waals surface area (Å²) in [6.45, 7) is 7.20. The van der Waals surface area contributed by atoms with E-state index in [2.05, 4.69) is 13.2 Å². The van der Waals surface area contributed by atoms with Gasteiger partial charge in [0.1, 0.15) is 18.1 Å². The maximum Gasteiger partial charge on any atom is 0.119 e. The van der Waals surface area contributed by atoms with E-state index in [-0.39, 0.29) is 12.4 Å². The highest BCUT2D eigenvalue weighted by atomic mass is 16.5. The predicted molar refractivity (Wildman–Crippen MR) is 52.8 cm³/mol. The molecule has 0 aliphatic heterocycles. The normalized spacial score (nSPS) is 9.23. The van der Waals surface area contributed by atoms with Gasteiger partial charge in [-0.15, -0.1) is 0 Å². The standard InChI is InChI=1S/C11H12O2/c1-9(10(2)12)8-13-11-6-4-3-5-7-11/h3-7,12H,1-2,8H2. The first-order chi connectivity index (χ1) is 6.20. The minimum Gasteiger partial charge on any atom is -0.508 e. The minimum absolute atomic E-state index is 0.0315. The molecule has 0 unspecified atom stereocenters. The van der Waals surface area contributed by atoms with E-state index in [1.807, 2.05) is 30.3 Å². The summed E-state index contributed by atoms with van der Waals surface area (Å²) in [5, 5.41) is 8.92. The summed E-state index contributed by atoms with van der Waals surface area (Å²) in [6.07, 6.45) is 0. The fourth-order valence-electron chi connectivity index (χ4n) is 0.770. The van der Waals surface area contributed by atoms with E-state index < -0.39 is 0 Å². The lowest BCUT2D eigenvalue weighted by Crippen LogP contribution is -2.01. The van der Waals surface area contributed by atoms with Gasteiger partial charge in [0.25, 0.3) is 0 Å². The Balaban J connectivity index is 2.44. The Hall–Kier alpha value is -1.70. The van der Waals surface area contributed by atoms with Crippen molar-refractivity contribution in [3.05, 3.63) is 54.8 Å². The summed E-state index contributed by atoms with van der Waals surface area (Å²) in [4.78, 5) is 0. The van der Waals surface area contributed by atoms with Crippen LogP contribution in [0.3, 0.4) is 0 Å². The third kappa shape index (κ3) is 3.03. The second kappa shape index (κ2) is 4.36. The van der Waals surface area contributed by atoms with Crippen LogP contribution >= 0.6 is 0 Å². The number of benzene rings is 1. The molecule has 68 valence electrons. The summed E-state index contributed by atoms with van der Waals surface area (Å²) < 4.78 is 5.31. The Bertz CT molecular complexity index is 301. The molecule has 0 radical (unpaired) electrons. The van der Waals surface area contributed by atoms with Gasteiger partial charge in [-0.3, -0.25) is 0 Å². The average Bonchev–Trinajstić information content (AvgIpc) is 2.15. The van der Waals surface area contributed by atoms with Crippen molar-refractivity contribution < 1.29 is 9.84 Å². The van der Waals surface area contributed by atoms with Crippen molar-refractivity contribution in [1.29, 1.82) is 0 Å². The van der Waals surface area contributed by atoms with Gasteiger partial charge in [-0.1, -0.05) is 31.4 Å². The maximum atomic E-state index is 8.92. The highest BCUT2D eigenvalue weighted by molar-refractivity contribution is 5.24. The predicted octanol–water partition coefficient (Wildman–Crippen LogP) is 2.69. The Morgan fingerprint density at radius 2 is 1.85 bits per heavy atom. The molecule has 0 bridgehead atoms. The highest BCUT2D eigenvalue weighted by Crippen LogP contribution is 2.10. The fraction of sp³-hybridized carbons (Fsp3) is 0.0909. The van der Waals surface area contributed by atoms with E-state index in [0.29, 0.717) is 5.57 Å². The van der Waals surface area contributed by atoms with Crippen molar-refractivity contribution in [1.82, 2.24) is 0 Å². The van der Waals surface area contributed by atoms with Gasteiger partial charge in [-0.2, -0.15) is 0 Å². The lowest BCUT2D eigenvalue weighted by molar-refractivity contribution is 0.333. The summed E-state index contributed by atoms with van der Waals surface area (Å²) in [5.41, 5.74) is 0.490. The van der Waals surface area contributed by atoms with Crippen LogP contribution in [-0.2, 0) is 0 Å². The van der Waals surface area contributed by atoms with Gasteiger partial charge in [0.2, 0.25) is 0 Å². The van der Waals surface area contributed by atoms with Crippen LogP contribution in [0.4, 0.5) is 0 Å². The number of aliphatic hydroxyl groups excluding tert-OH is 1. The molecule has 1 rings (SSSR count). The molecule has 0 aliphatic carbocycles. The molecule has 0 aromatic heterocycles. The average molecular weight is 176 g/mol. The highest BCUT2D eigenvalue weighted by Gasteiger charge is 1.98. The molecule has 0 saturated heterocycles. The van der Waals surface area contributed by atoms with Gasteiger partial charge in [-0.05, 0) is 12.1 Å². The van der Waals surface area contributed by atoms with Gasteiger partial charge in [-0.25, -0.2) is 0 Å². The molecule has 0 aliphatic rings. The number of hydrogen-bond acceptors (Lipinski definition) is 2. The van der Waals surface area contributed by atoms with Crippen LogP contribution in [0.1, 0.15) is 0 Å². The van der Waals surface area contributed by atoms with Gasteiger partial charge >= 0.3 is 0 Å². The van der Waals surface area contributed by atoms with E-state index in [1.165, 1.54) is 0 Å². The molecular formula is C11H12O2. The van der Waals surface area contributed by atoms with E-state index in [0.717, 1.165) is 5.75 Å². The SMILES string of the molecule is C=C(O)C(=C)COc1ccccc1. The number of aliphatic hydroxyl groups is 1. The van der Waals surface area contributed by atoms with E-state index in [4.69, 9.17) is 9.84 Å². The van der Waals surface area contributed by atoms with Crippen molar-refractivity contribution in [2.24, 2.45) is 0 Å².